The van der Waals surface area contributed by atoms with Crippen molar-refractivity contribution in [2.45, 2.75) is 32.6 Å². The van der Waals surface area contributed by atoms with Gasteiger partial charge in [-0.05, 0) is 6.42 Å². The number of carbonyl (C=O) groups is 3. The fourth-order valence-electron chi connectivity index (χ4n) is 1.08. The minimum absolute atomic E-state index is 0.0473. The predicted octanol–water partition coefficient (Wildman–Crippen LogP) is -0.0279. The summed E-state index contributed by atoms with van der Waals surface area (Å²) in [7, 11) is 1.51. The number of amides is 2. The maximum Gasteiger partial charge on any atom is 0.306 e. The van der Waals surface area contributed by atoms with E-state index in [1.807, 2.05) is 6.92 Å². The van der Waals surface area contributed by atoms with Gasteiger partial charge < -0.3 is 15.4 Å². The monoisotopic (exact) mass is 244 g/mol. The maximum absolute atomic E-state index is 11.1. The van der Waals surface area contributed by atoms with Crippen molar-refractivity contribution in [2.75, 3.05) is 20.2 Å². The zero-order valence-electron chi connectivity index (χ0n) is 10.4. The second kappa shape index (κ2) is 9.62. The van der Waals surface area contributed by atoms with Crippen LogP contribution in [0, 0.1) is 0 Å². The maximum atomic E-state index is 11.1. The summed E-state index contributed by atoms with van der Waals surface area (Å²) in [5.74, 6) is -0.676. The molecule has 6 nitrogen and oxygen atoms in total. The summed E-state index contributed by atoms with van der Waals surface area (Å²) < 4.78 is 4.83. The average molecular weight is 244 g/mol. The fourth-order valence-corrected chi connectivity index (χ4v) is 1.08. The summed E-state index contributed by atoms with van der Waals surface area (Å²) >= 11 is 0. The van der Waals surface area contributed by atoms with Crippen molar-refractivity contribution in [3.63, 3.8) is 0 Å². The third-order valence-corrected chi connectivity index (χ3v) is 2.00. The van der Waals surface area contributed by atoms with Gasteiger partial charge in [-0.25, -0.2) is 0 Å². The lowest BCUT2D eigenvalue weighted by molar-refractivity contribution is -0.145. The van der Waals surface area contributed by atoms with E-state index in [2.05, 4.69) is 10.6 Å². The Hall–Kier alpha value is -1.59. The van der Waals surface area contributed by atoms with Crippen LogP contribution in [-0.4, -0.2) is 38.0 Å². The van der Waals surface area contributed by atoms with Crippen molar-refractivity contribution in [1.82, 2.24) is 10.6 Å². The molecule has 2 amide bonds. The highest BCUT2D eigenvalue weighted by molar-refractivity contribution is 5.81. The van der Waals surface area contributed by atoms with Gasteiger partial charge in [0.05, 0.1) is 13.0 Å². The van der Waals surface area contributed by atoms with Gasteiger partial charge in [-0.15, -0.1) is 0 Å². The molecule has 0 radical (unpaired) electrons. The van der Waals surface area contributed by atoms with Crippen LogP contribution in [0.3, 0.4) is 0 Å². The number of ether oxygens (including phenoxy) is 1. The molecule has 0 aliphatic rings. The Labute approximate surface area is 101 Å². The molecule has 0 aromatic carbocycles. The van der Waals surface area contributed by atoms with Crippen LogP contribution in [0.1, 0.15) is 32.6 Å². The minimum atomic E-state index is -0.432. The molecule has 0 heterocycles. The number of nitrogens with one attached hydrogen (secondary N) is 2. The van der Waals surface area contributed by atoms with E-state index in [-0.39, 0.29) is 31.3 Å². The summed E-state index contributed by atoms with van der Waals surface area (Å²) in [4.78, 5) is 33.0. The first kappa shape index (κ1) is 15.4. The first-order chi connectivity index (χ1) is 8.10. The van der Waals surface area contributed by atoms with Crippen LogP contribution >= 0.6 is 0 Å². The van der Waals surface area contributed by atoms with Gasteiger partial charge in [-0.1, -0.05) is 6.92 Å². The van der Waals surface area contributed by atoms with E-state index in [9.17, 15) is 14.4 Å². The second-order valence-corrected chi connectivity index (χ2v) is 3.49. The zero-order chi connectivity index (χ0) is 13.1. The third-order valence-electron chi connectivity index (χ3n) is 2.00. The first-order valence-electron chi connectivity index (χ1n) is 5.73. The van der Waals surface area contributed by atoms with Gasteiger partial charge in [0, 0.05) is 19.9 Å². The highest BCUT2D eigenvalue weighted by Crippen LogP contribution is 1.92. The smallest absolute Gasteiger partial charge is 0.306 e. The van der Waals surface area contributed by atoms with Crippen LogP contribution in [0.15, 0.2) is 0 Å². The Balaban J connectivity index is 3.45. The lowest BCUT2D eigenvalue weighted by atomic mass is 10.3. The van der Waals surface area contributed by atoms with Gasteiger partial charge in [0.15, 0.2) is 0 Å². The van der Waals surface area contributed by atoms with Gasteiger partial charge in [-0.3, -0.25) is 14.4 Å². The number of carbonyl (C=O) groups excluding carboxylic acids is 3. The molecule has 6 heteroatoms. The topological polar surface area (TPSA) is 84.5 Å². The number of hydrogen-bond acceptors (Lipinski definition) is 4. The van der Waals surface area contributed by atoms with Gasteiger partial charge in [0.25, 0.3) is 0 Å². The summed E-state index contributed by atoms with van der Waals surface area (Å²) in [6, 6.07) is 0. The zero-order valence-corrected chi connectivity index (χ0v) is 10.4. The van der Waals surface area contributed by atoms with Gasteiger partial charge in [0.1, 0.15) is 6.61 Å². The molecule has 0 saturated heterocycles. The Kier molecular flexibility index (Phi) is 8.72. The highest BCUT2D eigenvalue weighted by Gasteiger charge is 2.06. The van der Waals surface area contributed by atoms with E-state index in [1.54, 1.807) is 0 Å². The van der Waals surface area contributed by atoms with Crippen LogP contribution in [0.5, 0.6) is 0 Å². The molecule has 17 heavy (non-hydrogen) atoms. The van der Waals surface area contributed by atoms with Crippen molar-refractivity contribution < 1.29 is 19.1 Å². The van der Waals surface area contributed by atoms with E-state index in [4.69, 9.17) is 4.74 Å². The highest BCUT2D eigenvalue weighted by atomic mass is 16.5. The van der Waals surface area contributed by atoms with Crippen LogP contribution in [0.25, 0.3) is 0 Å². The second-order valence-electron chi connectivity index (χ2n) is 3.49. The largest absolute Gasteiger partial charge is 0.464 e. The molecule has 0 rings (SSSR count). The molecule has 0 aliphatic carbocycles. The van der Waals surface area contributed by atoms with Crippen molar-refractivity contribution in [3.8, 4) is 0 Å². The normalized spacial score (nSPS) is 9.53. The van der Waals surface area contributed by atoms with Crippen LogP contribution in [-0.2, 0) is 19.1 Å². The minimum Gasteiger partial charge on any atom is -0.464 e. The standard InChI is InChI=1S/C11H20N2O4/c1-3-4-10(15)13-7-8-17-11(16)6-5-9(14)12-2/h3-8H2,1-2H3,(H,12,14)(H,13,15). The number of hydrogen-bond donors (Lipinski definition) is 2. The molecule has 0 aliphatic heterocycles. The lowest BCUT2D eigenvalue weighted by Crippen LogP contribution is -2.27. The Morgan fingerprint density at radius 2 is 1.76 bits per heavy atom. The molecule has 0 atom stereocenters. The van der Waals surface area contributed by atoms with Crippen molar-refractivity contribution in [1.29, 1.82) is 0 Å². The number of esters is 1. The van der Waals surface area contributed by atoms with Crippen LogP contribution in [0.4, 0.5) is 0 Å². The quantitative estimate of drug-likeness (QED) is 0.464. The summed E-state index contributed by atoms with van der Waals surface area (Å²) in [5, 5.41) is 5.03. The van der Waals surface area contributed by atoms with E-state index in [1.165, 1.54) is 7.05 Å². The van der Waals surface area contributed by atoms with E-state index >= 15 is 0 Å². The van der Waals surface area contributed by atoms with Gasteiger partial charge in [-0.2, -0.15) is 0 Å². The molecule has 0 saturated carbocycles. The molecule has 0 unspecified atom stereocenters. The van der Waals surface area contributed by atoms with E-state index < -0.39 is 5.97 Å². The Morgan fingerprint density at radius 1 is 1.06 bits per heavy atom. The summed E-state index contributed by atoms with van der Waals surface area (Å²) in [6.45, 7) is 2.37. The SMILES string of the molecule is CCCC(=O)NCCOC(=O)CCC(=O)NC. The average Bonchev–Trinajstić information content (AvgIpc) is 2.32. The van der Waals surface area contributed by atoms with Crippen molar-refractivity contribution >= 4 is 17.8 Å². The van der Waals surface area contributed by atoms with Crippen LogP contribution in [0.2, 0.25) is 0 Å². The van der Waals surface area contributed by atoms with Gasteiger partial charge in [0.2, 0.25) is 11.8 Å². The fraction of sp³-hybridized carbons (Fsp3) is 0.727. The van der Waals surface area contributed by atoms with Crippen LogP contribution < -0.4 is 10.6 Å². The summed E-state index contributed by atoms with van der Waals surface area (Å²) in [5.41, 5.74) is 0. The molecule has 0 fully saturated rings. The molecule has 0 bridgehead atoms. The van der Waals surface area contributed by atoms with Crippen molar-refractivity contribution in [3.05, 3.63) is 0 Å². The first-order valence-corrected chi connectivity index (χ1v) is 5.73. The number of rotatable bonds is 8. The molecule has 0 aromatic heterocycles. The van der Waals surface area contributed by atoms with Gasteiger partial charge >= 0.3 is 5.97 Å². The summed E-state index contributed by atoms with van der Waals surface area (Å²) in [6.07, 6.45) is 1.45. The Bertz CT molecular complexity index is 266. The molecule has 0 aromatic rings. The third kappa shape index (κ3) is 9.35. The molecular weight excluding hydrogens is 224 g/mol. The van der Waals surface area contributed by atoms with E-state index in [0.29, 0.717) is 13.0 Å². The predicted molar refractivity (Wildman–Crippen MR) is 62.2 cm³/mol. The molecular formula is C11H20N2O4. The lowest BCUT2D eigenvalue weighted by Gasteiger charge is -2.06. The molecule has 2 N–H and O–H groups in total. The van der Waals surface area contributed by atoms with E-state index in [0.717, 1.165) is 6.42 Å². The van der Waals surface area contributed by atoms with Crippen molar-refractivity contribution in [2.24, 2.45) is 0 Å². The molecule has 98 valence electrons. The Morgan fingerprint density at radius 3 is 2.35 bits per heavy atom. The molecule has 0 spiro atoms.